The molecular formula is C24H33FO5. The molecule has 1 aromatic carbocycles. The number of hydrogen-bond acceptors (Lipinski definition) is 5. The Morgan fingerprint density at radius 1 is 1.00 bits per heavy atom. The first-order valence-electron chi connectivity index (χ1n) is 11.1. The molecule has 0 N–H and O–H groups in total. The fourth-order valence-corrected chi connectivity index (χ4v) is 3.22. The van der Waals surface area contributed by atoms with Gasteiger partial charge in [-0.25, -0.2) is 9.18 Å². The number of rotatable bonds is 14. The Balaban J connectivity index is 1.92. The number of benzene rings is 1. The molecule has 1 heterocycles. The summed E-state index contributed by atoms with van der Waals surface area (Å²) in [6.45, 7) is 4.86. The largest absolute Gasteiger partial charge is 0.490 e. The molecule has 166 valence electrons. The van der Waals surface area contributed by atoms with E-state index in [-0.39, 0.29) is 23.7 Å². The van der Waals surface area contributed by atoms with Crippen molar-refractivity contribution in [2.24, 2.45) is 0 Å². The molecule has 0 amide bonds. The summed E-state index contributed by atoms with van der Waals surface area (Å²) in [5.74, 6) is -0.360. The molecule has 0 atom stereocenters. The molecule has 5 nitrogen and oxygen atoms in total. The molecule has 0 aliphatic carbocycles. The molecule has 0 radical (unpaired) electrons. The molecule has 0 saturated heterocycles. The highest BCUT2D eigenvalue weighted by molar-refractivity contribution is 5.83. The van der Waals surface area contributed by atoms with Gasteiger partial charge in [-0.2, -0.15) is 0 Å². The molecular weight excluding hydrogens is 387 g/mol. The van der Waals surface area contributed by atoms with Crippen LogP contribution in [0, 0.1) is 5.82 Å². The predicted octanol–water partition coefficient (Wildman–Crippen LogP) is 5.95. The second kappa shape index (κ2) is 13.0. The Bertz CT molecular complexity index is 859. The van der Waals surface area contributed by atoms with Crippen LogP contribution >= 0.6 is 0 Å². The fraction of sp³-hybridized carbons (Fsp3) is 0.583. The van der Waals surface area contributed by atoms with Gasteiger partial charge in [-0.1, -0.05) is 52.0 Å². The van der Waals surface area contributed by atoms with E-state index < -0.39 is 11.4 Å². The van der Waals surface area contributed by atoms with Crippen LogP contribution in [0.4, 0.5) is 4.39 Å². The van der Waals surface area contributed by atoms with Gasteiger partial charge in [-0.05, 0) is 36.8 Å². The standard InChI is InChI=1S/C24H33FO5/c1-3-5-7-8-9-15-28-20-14-13-18-17-19(30-24(27)22(18)23(20)25)11-10-16-29-21(26)12-6-4-2/h13-14,17H,3-12,15-16H2,1-2H3. The van der Waals surface area contributed by atoms with E-state index in [2.05, 4.69) is 6.92 Å². The van der Waals surface area contributed by atoms with Crippen molar-refractivity contribution < 1.29 is 23.1 Å². The van der Waals surface area contributed by atoms with Crippen molar-refractivity contribution in [1.82, 2.24) is 0 Å². The first-order valence-corrected chi connectivity index (χ1v) is 11.1. The number of esters is 1. The fourth-order valence-electron chi connectivity index (χ4n) is 3.22. The first kappa shape index (κ1) is 23.9. The minimum atomic E-state index is -0.715. The zero-order valence-corrected chi connectivity index (χ0v) is 18.1. The zero-order valence-electron chi connectivity index (χ0n) is 18.1. The van der Waals surface area contributed by atoms with Crippen LogP contribution in [0.5, 0.6) is 5.75 Å². The molecule has 0 aliphatic heterocycles. The normalized spacial score (nSPS) is 11.0. The third-order valence-electron chi connectivity index (χ3n) is 4.95. The van der Waals surface area contributed by atoms with Gasteiger partial charge in [0.05, 0.1) is 13.2 Å². The summed E-state index contributed by atoms with van der Waals surface area (Å²) in [6.07, 6.45) is 8.55. The van der Waals surface area contributed by atoms with E-state index >= 15 is 0 Å². The number of fused-ring (bicyclic) bond motifs is 1. The lowest BCUT2D eigenvalue weighted by Gasteiger charge is -2.09. The van der Waals surface area contributed by atoms with E-state index in [9.17, 15) is 14.0 Å². The molecule has 0 aliphatic rings. The minimum absolute atomic E-state index is 0.0806. The Labute approximate surface area is 177 Å². The van der Waals surface area contributed by atoms with Gasteiger partial charge in [-0.15, -0.1) is 0 Å². The maximum atomic E-state index is 14.7. The molecule has 2 rings (SSSR count). The number of ether oxygens (including phenoxy) is 2. The smallest absolute Gasteiger partial charge is 0.346 e. The van der Waals surface area contributed by atoms with Gasteiger partial charge >= 0.3 is 11.6 Å². The van der Waals surface area contributed by atoms with Gasteiger partial charge < -0.3 is 13.9 Å². The van der Waals surface area contributed by atoms with E-state index in [1.54, 1.807) is 18.2 Å². The lowest BCUT2D eigenvalue weighted by molar-refractivity contribution is -0.143. The van der Waals surface area contributed by atoms with Crippen LogP contribution in [0.2, 0.25) is 0 Å². The average molecular weight is 421 g/mol. The second-order valence-corrected chi connectivity index (χ2v) is 7.53. The maximum Gasteiger partial charge on any atom is 0.346 e. The summed E-state index contributed by atoms with van der Waals surface area (Å²) in [5, 5.41) is 0.391. The van der Waals surface area contributed by atoms with Crippen LogP contribution in [-0.4, -0.2) is 19.2 Å². The Kier molecular flexibility index (Phi) is 10.4. The van der Waals surface area contributed by atoms with Crippen molar-refractivity contribution in [2.75, 3.05) is 13.2 Å². The van der Waals surface area contributed by atoms with Gasteiger partial charge in [-0.3, -0.25) is 4.79 Å². The van der Waals surface area contributed by atoms with Crippen LogP contribution in [0.15, 0.2) is 27.4 Å². The molecule has 30 heavy (non-hydrogen) atoms. The quantitative estimate of drug-likeness (QED) is 0.279. The number of unbranched alkanes of at least 4 members (excludes halogenated alkanes) is 5. The third kappa shape index (κ3) is 7.47. The number of hydrogen-bond donors (Lipinski definition) is 0. The zero-order chi connectivity index (χ0) is 21.8. The maximum absolute atomic E-state index is 14.7. The van der Waals surface area contributed by atoms with Crippen molar-refractivity contribution in [3.8, 4) is 5.75 Å². The van der Waals surface area contributed by atoms with Gasteiger partial charge in [0.2, 0.25) is 0 Å². The molecule has 2 aromatic rings. The molecule has 0 bridgehead atoms. The van der Waals surface area contributed by atoms with Crippen LogP contribution in [0.3, 0.4) is 0 Å². The highest BCUT2D eigenvalue weighted by atomic mass is 19.1. The highest BCUT2D eigenvalue weighted by Gasteiger charge is 2.14. The summed E-state index contributed by atoms with van der Waals surface area (Å²) in [6, 6.07) is 4.89. The number of halogens is 1. The van der Waals surface area contributed by atoms with Crippen LogP contribution in [0.25, 0.3) is 10.8 Å². The molecule has 0 saturated carbocycles. The topological polar surface area (TPSA) is 65.7 Å². The minimum Gasteiger partial charge on any atom is -0.490 e. The monoisotopic (exact) mass is 420 g/mol. The van der Waals surface area contributed by atoms with Crippen LogP contribution < -0.4 is 10.4 Å². The van der Waals surface area contributed by atoms with E-state index in [1.807, 2.05) is 6.92 Å². The lowest BCUT2D eigenvalue weighted by atomic mass is 10.1. The summed E-state index contributed by atoms with van der Waals surface area (Å²) in [4.78, 5) is 23.8. The van der Waals surface area contributed by atoms with Crippen molar-refractivity contribution >= 4 is 16.7 Å². The Morgan fingerprint density at radius 3 is 2.53 bits per heavy atom. The number of carbonyl (C=O) groups is 1. The molecule has 0 spiro atoms. The SMILES string of the molecule is CCCCCCCOc1ccc2cc(CCCOC(=O)CCCC)oc(=O)c2c1F. The van der Waals surface area contributed by atoms with Crippen LogP contribution in [-0.2, 0) is 16.0 Å². The van der Waals surface area contributed by atoms with Crippen molar-refractivity contribution in [2.45, 2.75) is 78.1 Å². The average Bonchev–Trinajstić information content (AvgIpc) is 2.73. The van der Waals surface area contributed by atoms with Crippen molar-refractivity contribution in [1.29, 1.82) is 0 Å². The molecule has 0 unspecified atom stereocenters. The Hall–Kier alpha value is -2.37. The van der Waals surface area contributed by atoms with E-state index in [1.165, 1.54) is 12.8 Å². The van der Waals surface area contributed by atoms with Gasteiger partial charge in [0.25, 0.3) is 0 Å². The van der Waals surface area contributed by atoms with Crippen molar-refractivity contribution in [3.05, 3.63) is 40.2 Å². The molecule has 6 heteroatoms. The highest BCUT2D eigenvalue weighted by Crippen LogP contribution is 2.25. The summed E-state index contributed by atoms with van der Waals surface area (Å²) in [5.41, 5.74) is -0.715. The lowest BCUT2D eigenvalue weighted by Crippen LogP contribution is -2.09. The second-order valence-electron chi connectivity index (χ2n) is 7.53. The van der Waals surface area contributed by atoms with Gasteiger partial charge in [0, 0.05) is 12.8 Å². The predicted molar refractivity (Wildman–Crippen MR) is 116 cm³/mol. The van der Waals surface area contributed by atoms with Gasteiger partial charge in [0.15, 0.2) is 11.6 Å². The third-order valence-corrected chi connectivity index (χ3v) is 4.95. The summed E-state index contributed by atoms with van der Waals surface area (Å²) in [7, 11) is 0. The molecule has 1 aromatic heterocycles. The van der Waals surface area contributed by atoms with E-state index in [4.69, 9.17) is 13.9 Å². The van der Waals surface area contributed by atoms with Gasteiger partial charge in [0.1, 0.15) is 11.1 Å². The summed E-state index contributed by atoms with van der Waals surface area (Å²) >= 11 is 0. The van der Waals surface area contributed by atoms with E-state index in [0.29, 0.717) is 37.0 Å². The van der Waals surface area contributed by atoms with Crippen molar-refractivity contribution in [3.63, 3.8) is 0 Å². The summed E-state index contributed by atoms with van der Waals surface area (Å²) < 4.78 is 30.7. The Morgan fingerprint density at radius 2 is 1.77 bits per heavy atom. The first-order chi connectivity index (χ1) is 14.6. The van der Waals surface area contributed by atoms with Crippen LogP contribution in [0.1, 0.15) is 77.4 Å². The number of aryl methyl sites for hydroxylation is 1. The molecule has 0 fully saturated rings. The van der Waals surface area contributed by atoms with E-state index in [0.717, 1.165) is 32.1 Å². The number of carbonyl (C=O) groups excluding carboxylic acids is 1.